The van der Waals surface area contributed by atoms with Crippen LogP contribution in [-0.4, -0.2) is 33.4 Å². The number of amidine groups is 1. The number of aliphatic imine (C=N–C) groups is 1. The Morgan fingerprint density at radius 1 is 1.25 bits per heavy atom. The molecule has 0 spiro atoms. The molecule has 3 N–H and O–H groups in total. The zero-order valence-corrected chi connectivity index (χ0v) is 17.1. The maximum atomic E-state index is 13.9. The van der Waals surface area contributed by atoms with Gasteiger partial charge >= 0.3 is 6.18 Å². The Hall–Kier alpha value is -3.89. The number of hydrogen-bond donors (Lipinski definition) is 2. The maximum absolute atomic E-state index is 13.9. The predicted octanol–water partition coefficient (Wildman–Crippen LogP) is 3.19. The highest BCUT2D eigenvalue weighted by Crippen LogP contribution is 2.41. The summed E-state index contributed by atoms with van der Waals surface area (Å²) in [6, 6.07) is 6.52. The van der Waals surface area contributed by atoms with Crippen molar-refractivity contribution in [1.82, 2.24) is 14.5 Å². The standard InChI is InChI=1S/C21H19F3N6O2/c1-20(11-30-9-8-27-18(30)17(25)29-20)14-10-12(5-6-13(14)21(22,23)24)28-19(31)16-15(32-2)4-3-7-26-16/h3-10H,11H2,1-2H3,(H2,25,29)(H,28,31). The van der Waals surface area contributed by atoms with E-state index in [1.807, 2.05) is 0 Å². The van der Waals surface area contributed by atoms with Gasteiger partial charge in [-0.05, 0) is 42.8 Å². The van der Waals surface area contributed by atoms with Gasteiger partial charge in [-0.2, -0.15) is 13.2 Å². The van der Waals surface area contributed by atoms with Gasteiger partial charge in [-0.25, -0.2) is 9.97 Å². The molecule has 1 atom stereocenters. The SMILES string of the molecule is COc1cccnc1C(=O)Nc1ccc(C(F)(F)F)c(C2(C)Cn3ccnc3C(N)=N2)c1. The summed E-state index contributed by atoms with van der Waals surface area (Å²) in [7, 11) is 1.39. The Kier molecular flexibility index (Phi) is 5.11. The van der Waals surface area contributed by atoms with E-state index in [0.717, 1.165) is 6.07 Å². The van der Waals surface area contributed by atoms with Crippen molar-refractivity contribution in [3.8, 4) is 5.75 Å². The van der Waals surface area contributed by atoms with Crippen LogP contribution in [0, 0.1) is 0 Å². The van der Waals surface area contributed by atoms with E-state index >= 15 is 0 Å². The fourth-order valence-corrected chi connectivity index (χ4v) is 3.73. The van der Waals surface area contributed by atoms with E-state index in [1.54, 1.807) is 29.8 Å². The minimum absolute atomic E-state index is 0.00523. The Labute approximate surface area is 181 Å². The molecule has 1 unspecified atom stereocenters. The number of pyridine rings is 1. The first-order valence-corrected chi connectivity index (χ1v) is 9.51. The lowest BCUT2D eigenvalue weighted by Gasteiger charge is -2.33. The molecule has 3 aromatic rings. The number of imidazole rings is 1. The van der Waals surface area contributed by atoms with Crippen molar-refractivity contribution >= 4 is 17.4 Å². The fourth-order valence-electron chi connectivity index (χ4n) is 3.73. The lowest BCUT2D eigenvalue weighted by atomic mass is 9.86. The molecule has 0 saturated carbocycles. The quantitative estimate of drug-likeness (QED) is 0.643. The molecule has 11 heteroatoms. The summed E-state index contributed by atoms with van der Waals surface area (Å²) < 4.78 is 48.3. The molecule has 32 heavy (non-hydrogen) atoms. The van der Waals surface area contributed by atoms with Crippen molar-refractivity contribution in [3.63, 3.8) is 0 Å². The van der Waals surface area contributed by atoms with Gasteiger partial charge in [-0.1, -0.05) is 0 Å². The molecule has 0 aliphatic carbocycles. The number of benzene rings is 1. The second-order valence-corrected chi connectivity index (χ2v) is 7.42. The molecule has 0 saturated heterocycles. The van der Waals surface area contributed by atoms with Gasteiger partial charge in [0, 0.05) is 24.3 Å². The van der Waals surface area contributed by atoms with Crippen LogP contribution in [0.5, 0.6) is 5.75 Å². The van der Waals surface area contributed by atoms with E-state index < -0.39 is 23.2 Å². The number of alkyl halides is 3. The molecule has 8 nitrogen and oxygen atoms in total. The zero-order valence-electron chi connectivity index (χ0n) is 17.1. The molecule has 1 aliphatic heterocycles. The van der Waals surface area contributed by atoms with Crippen molar-refractivity contribution in [2.24, 2.45) is 10.7 Å². The number of amides is 1. The number of halogens is 3. The van der Waals surface area contributed by atoms with Gasteiger partial charge in [0.1, 0.15) is 11.3 Å². The second-order valence-electron chi connectivity index (χ2n) is 7.42. The maximum Gasteiger partial charge on any atom is 0.416 e. The van der Waals surface area contributed by atoms with E-state index in [2.05, 4.69) is 20.3 Å². The van der Waals surface area contributed by atoms with Crippen LogP contribution >= 0.6 is 0 Å². The van der Waals surface area contributed by atoms with Crippen LogP contribution in [0.15, 0.2) is 53.9 Å². The number of aromatic nitrogens is 3. The van der Waals surface area contributed by atoms with Crippen LogP contribution in [0.2, 0.25) is 0 Å². The van der Waals surface area contributed by atoms with Crippen molar-refractivity contribution in [2.75, 3.05) is 12.4 Å². The normalized spacial score (nSPS) is 18.0. The third-order valence-corrected chi connectivity index (χ3v) is 5.16. The third kappa shape index (κ3) is 3.77. The largest absolute Gasteiger partial charge is 0.494 e. The Morgan fingerprint density at radius 2 is 2.03 bits per heavy atom. The Morgan fingerprint density at radius 3 is 2.75 bits per heavy atom. The number of hydrogen-bond acceptors (Lipinski definition) is 6. The number of fused-ring (bicyclic) bond motifs is 1. The number of rotatable bonds is 4. The number of ether oxygens (including phenoxy) is 1. The molecule has 166 valence electrons. The summed E-state index contributed by atoms with van der Waals surface area (Å²) in [5.74, 6) is 0.0375. The van der Waals surface area contributed by atoms with Crippen LogP contribution in [0.1, 0.15) is 34.4 Å². The van der Waals surface area contributed by atoms with Crippen molar-refractivity contribution < 1.29 is 22.7 Å². The van der Waals surface area contributed by atoms with Crippen LogP contribution in [0.3, 0.4) is 0 Å². The summed E-state index contributed by atoms with van der Waals surface area (Å²) in [4.78, 5) is 25.1. The van der Waals surface area contributed by atoms with E-state index in [-0.39, 0.29) is 35.1 Å². The molecule has 1 amide bonds. The number of nitrogens with zero attached hydrogens (tertiary/aromatic N) is 4. The molecular weight excluding hydrogens is 425 g/mol. The summed E-state index contributed by atoms with van der Waals surface area (Å²) in [5, 5.41) is 2.59. The van der Waals surface area contributed by atoms with Crippen LogP contribution < -0.4 is 15.8 Å². The fraction of sp³-hybridized carbons (Fsp3) is 0.238. The molecule has 1 aliphatic rings. The molecule has 0 bridgehead atoms. The van der Waals surface area contributed by atoms with E-state index in [0.29, 0.717) is 5.82 Å². The summed E-state index contributed by atoms with van der Waals surface area (Å²) in [6.45, 7) is 1.65. The first kappa shape index (κ1) is 21.3. The first-order chi connectivity index (χ1) is 15.1. The average molecular weight is 444 g/mol. The van der Waals surface area contributed by atoms with Crippen LogP contribution in [-0.2, 0) is 18.3 Å². The highest BCUT2D eigenvalue weighted by Gasteiger charge is 2.42. The lowest BCUT2D eigenvalue weighted by molar-refractivity contribution is -0.138. The number of methoxy groups -OCH3 is 1. The number of nitrogens with one attached hydrogen (secondary N) is 1. The van der Waals surface area contributed by atoms with Crippen LogP contribution in [0.25, 0.3) is 0 Å². The Bertz CT molecular complexity index is 1220. The summed E-state index contributed by atoms with van der Waals surface area (Å²) in [5.41, 5.74) is 3.80. The molecule has 0 fully saturated rings. The zero-order chi connectivity index (χ0) is 23.1. The van der Waals surface area contributed by atoms with Crippen molar-refractivity contribution in [2.45, 2.75) is 25.2 Å². The van der Waals surface area contributed by atoms with Gasteiger partial charge in [0.25, 0.3) is 5.91 Å². The molecule has 2 aromatic heterocycles. The predicted molar refractivity (Wildman–Crippen MR) is 110 cm³/mol. The number of anilines is 1. The van der Waals surface area contributed by atoms with Gasteiger partial charge in [0.05, 0.1) is 19.2 Å². The highest BCUT2D eigenvalue weighted by atomic mass is 19.4. The Balaban J connectivity index is 1.76. The van der Waals surface area contributed by atoms with Gasteiger partial charge in [0.15, 0.2) is 17.4 Å². The van der Waals surface area contributed by atoms with Gasteiger partial charge in [0.2, 0.25) is 0 Å². The number of nitrogens with two attached hydrogens (primary N) is 1. The topological polar surface area (TPSA) is 107 Å². The van der Waals surface area contributed by atoms with E-state index in [9.17, 15) is 18.0 Å². The minimum Gasteiger partial charge on any atom is -0.494 e. The molecule has 4 rings (SSSR count). The monoisotopic (exact) mass is 444 g/mol. The van der Waals surface area contributed by atoms with Gasteiger partial charge < -0.3 is 20.4 Å². The first-order valence-electron chi connectivity index (χ1n) is 9.51. The highest BCUT2D eigenvalue weighted by molar-refractivity contribution is 6.04. The molecular formula is C21H19F3N6O2. The lowest BCUT2D eigenvalue weighted by Crippen LogP contribution is -2.38. The number of carbonyl (C=O) groups is 1. The third-order valence-electron chi connectivity index (χ3n) is 5.16. The molecule has 3 heterocycles. The molecule has 1 aromatic carbocycles. The van der Waals surface area contributed by atoms with Gasteiger partial charge in [-0.15, -0.1) is 0 Å². The summed E-state index contributed by atoms with van der Waals surface area (Å²) >= 11 is 0. The van der Waals surface area contributed by atoms with E-state index in [4.69, 9.17) is 10.5 Å². The summed E-state index contributed by atoms with van der Waals surface area (Å²) in [6.07, 6.45) is -0.0875. The molecule has 0 radical (unpaired) electrons. The number of carbonyl (C=O) groups excluding carboxylic acids is 1. The van der Waals surface area contributed by atoms with Gasteiger partial charge in [-0.3, -0.25) is 9.79 Å². The van der Waals surface area contributed by atoms with Crippen molar-refractivity contribution in [3.05, 3.63) is 71.6 Å². The minimum atomic E-state index is -4.63. The van der Waals surface area contributed by atoms with Crippen LogP contribution in [0.4, 0.5) is 18.9 Å². The van der Waals surface area contributed by atoms with E-state index in [1.165, 1.54) is 31.6 Å². The van der Waals surface area contributed by atoms with Crippen molar-refractivity contribution in [1.29, 1.82) is 0 Å². The smallest absolute Gasteiger partial charge is 0.416 e. The second kappa shape index (κ2) is 7.66. The average Bonchev–Trinajstić information content (AvgIpc) is 3.21.